The molecule has 3 nitrogen and oxygen atoms in total. The van der Waals surface area contributed by atoms with E-state index in [1.54, 1.807) is 11.8 Å². The summed E-state index contributed by atoms with van der Waals surface area (Å²) in [6.45, 7) is 1.27. The molecule has 0 aliphatic heterocycles. The maximum atomic E-state index is 11.3. The molecule has 1 amide bonds. The molecule has 2 N–H and O–H groups in total. The van der Waals surface area contributed by atoms with Crippen LogP contribution >= 0.6 is 11.8 Å². The van der Waals surface area contributed by atoms with E-state index in [0.717, 1.165) is 12.3 Å². The Kier molecular flexibility index (Phi) is 6.03. The van der Waals surface area contributed by atoms with E-state index < -0.39 is 0 Å². The molecule has 4 heteroatoms. The van der Waals surface area contributed by atoms with Crippen molar-refractivity contribution in [3.05, 3.63) is 0 Å². The molecule has 1 aliphatic carbocycles. The zero-order valence-electron chi connectivity index (χ0n) is 8.84. The van der Waals surface area contributed by atoms with Crippen LogP contribution in [0, 0.1) is 0 Å². The van der Waals surface area contributed by atoms with E-state index in [-0.39, 0.29) is 5.91 Å². The van der Waals surface area contributed by atoms with Gasteiger partial charge in [0.2, 0.25) is 5.91 Å². The fraction of sp³-hybridized carbons (Fsp3) is 0.900. The number of rotatable bonds is 6. The highest BCUT2D eigenvalue weighted by Crippen LogP contribution is 2.17. The Morgan fingerprint density at radius 3 is 2.79 bits per heavy atom. The normalized spacial score (nSPS) is 17.2. The van der Waals surface area contributed by atoms with Crippen molar-refractivity contribution in [1.29, 1.82) is 0 Å². The minimum absolute atomic E-state index is 0.131. The van der Waals surface area contributed by atoms with Gasteiger partial charge in [-0.1, -0.05) is 12.8 Å². The third kappa shape index (κ3) is 4.86. The van der Waals surface area contributed by atoms with Gasteiger partial charge in [-0.3, -0.25) is 4.79 Å². The van der Waals surface area contributed by atoms with Crippen LogP contribution in [0.25, 0.3) is 0 Å². The molecule has 14 heavy (non-hydrogen) atoms. The van der Waals surface area contributed by atoms with Crippen LogP contribution in [0.1, 0.15) is 25.7 Å². The molecule has 0 atom stereocenters. The highest BCUT2D eigenvalue weighted by molar-refractivity contribution is 7.98. The van der Waals surface area contributed by atoms with Crippen molar-refractivity contribution in [3.8, 4) is 0 Å². The number of hydrogen-bond acceptors (Lipinski definition) is 3. The first-order chi connectivity index (χ1) is 6.83. The van der Waals surface area contributed by atoms with Crippen LogP contribution in [0.3, 0.4) is 0 Å². The van der Waals surface area contributed by atoms with Gasteiger partial charge in [0.05, 0.1) is 6.54 Å². The van der Waals surface area contributed by atoms with Crippen LogP contribution in [0.2, 0.25) is 0 Å². The zero-order valence-corrected chi connectivity index (χ0v) is 9.66. The summed E-state index contributed by atoms with van der Waals surface area (Å²) >= 11 is 1.75. The summed E-state index contributed by atoms with van der Waals surface area (Å²) < 4.78 is 0. The summed E-state index contributed by atoms with van der Waals surface area (Å²) in [5.41, 5.74) is 0. The minimum Gasteiger partial charge on any atom is -0.354 e. The molecular weight excluding hydrogens is 196 g/mol. The molecule has 0 aromatic carbocycles. The standard InChI is InChI=1S/C10H20N2OS/c1-14-7-6-11-10(13)8-12-9-4-2-3-5-9/h9,12H,2-8H2,1H3,(H,11,13). The fourth-order valence-corrected chi connectivity index (χ4v) is 2.03. The Morgan fingerprint density at radius 2 is 2.14 bits per heavy atom. The minimum atomic E-state index is 0.131. The molecule has 0 bridgehead atoms. The largest absolute Gasteiger partial charge is 0.354 e. The van der Waals surface area contributed by atoms with Crippen molar-refractivity contribution >= 4 is 17.7 Å². The van der Waals surface area contributed by atoms with Crippen molar-refractivity contribution in [2.75, 3.05) is 25.1 Å². The number of nitrogens with one attached hydrogen (secondary N) is 2. The molecule has 1 saturated carbocycles. The van der Waals surface area contributed by atoms with E-state index in [1.165, 1.54) is 25.7 Å². The Labute approximate surface area is 90.4 Å². The van der Waals surface area contributed by atoms with Gasteiger partial charge in [-0.15, -0.1) is 0 Å². The molecule has 0 aromatic heterocycles. The Bertz CT molecular complexity index is 170. The van der Waals surface area contributed by atoms with E-state index in [2.05, 4.69) is 10.6 Å². The first kappa shape index (κ1) is 11.9. The molecule has 1 fully saturated rings. The Hall–Kier alpha value is -0.220. The lowest BCUT2D eigenvalue weighted by Crippen LogP contribution is -2.38. The third-order valence-corrected chi connectivity index (χ3v) is 3.15. The van der Waals surface area contributed by atoms with Gasteiger partial charge >= 0.3 is 0 Å². The fourth-order valence-electron chi connectivity index (χ4n) is 1.72. The maximum absolute atomic E-state index is 11.3. The molecule has 0 heterocycles. The predicted molar refractivity (Wildman–Crippen MR) is 61.7 cm³/mol. The van der Waals surface area contributed by atoms with Crippen LogP contribution in [0.4, 0.5) is 0 Å². The van der Waals surface area contributed by atoms with Crippen LogP contribution in [-0.2, 0) is 4.79 Å². The van der Waals surface area contributed by atoms with Gasteiger partial charge in [-0.2, -0.15) is 11.8 Å². The number of carbonyl (C=O) groups is 1. The van der Waals surface area contributed by atoms with Gasteiger partial charge in [-0.25, -0.2) is 0 Å². The Balaban J connectivity index is 1.96. The number of hydrogen-bond donors (Lipinski definition) is 2. The molecule has 0 spiro atoms. The molecule has 0 saturated heterocycles. The lowest BCUT2D eigenvalue weighted by Gasteiger charge is -2.11. The van der Waals surface area contributed by atoms with Crippen molar-refractivity contribution in [2.24, 2.45) is 0 Å². The molecule has 0 radical (unpaired) electrons. The van der Waals surface area contributed by atoms with Crippen molar-refractivity contribution < 1.29 is 4.79 Å². The van der Waals surface area contributed by atoms with Crippen molar-refractivity contribution in [3.63, 3.8) is 0 Å². The second-order valence-corrected chi connectivity index (χ2v) is 4.69. The van der Waals surface area contributed by atoms with Crippen LogP contribution < -0.4 is 10.6 Å². The number of amides is 1. The summed E-state index contributed by atoms with van der Waals surface area (Å²) in [7, 11) is 0. The van der Waals surface area contributed by atoms with Gasteiger partial charge in [0, 0.05) is 18.3 Å². The smallest absolute Gasteiger partial charge is 0.233 e. The van der Waals surface area contributed by atoms with Crippen LogP contribution in [0.5, 0.6) is 0 Å². The highest BCUT2D eigenvalue weighted by Gasteiger charge is 2.14. The average Bonchev–Trinajstić information content (AvgIpc) is 2.68. The molecule has 0 unspecified atom stereocenters. The molecule has 1 rings (SSSR count). The van der Waals surface area contributed by atoms with Crippen LogP contribution in [-0.4, -0.2) is 37.0 Å². The average molecular weight is 216 g/mol. The van der Waals surface area contributed by atoms with Gasteiger partial charge in [0.15, 0.2) is 0 Å². The lowest BCUT2D eigenvalue weighted by atomic mass is 10.2. The maximum Gasteiger partial charge on any atom is 0.233 e. The van der Waals surface area contributed by atoms with Gasteiger partial charge < -0.3 is 10.6 Å². The summed E-state index contributed by atoms with van der Waals surface area (Å²) in [5.74, 6) is 1.13. The van der Waals surface area contributed by atoms with E-state index in [4.69, 9.17) is 0 Å². The quantitative estimate of drug-likeness (QED) is 0.651. The number of thioether (sulfide) groups is 1. The van der Waals surface area contributed by atoms with Gasteiger partial charge in [-0.05, 0) is 19.1 Å². The van der Waals surface area contributed by atoms with E-state index in [9.17, 15) is 4.79 Å². The summed E-state index contributed by atoms with van der Waals surface area (Å²) in [4.78, 5) is 11.3. The Morgan fingerprint density at radius 1 is 1.43 bits per heavy atom. The SMILES string of the molecule is CSCCNC(=O)CNC1CCCC1. The van der Waals surface area contributed by atoms with E-state index in [0.29, 0.717) is 12.6 Å². The lowest BCUT2D eigenvalue weighted by molar-refractivity contribution is -0.120. The van der Waals surface area contributed by atoms with E-state index >= 15 is 0 Å². The van der Waals surface area contributed by atoms with Crippen molar-refractivity contribution in [2.45, 2.75) is 31.7 Å². The summed E-state index contributed by atoms with van der Waals surface area (Å²) in [6, 6.07) is 0.585. The van der Waals surface area contributed by atoms with E-state index in [1.807, 2.05) is 6.26 Å². The molecular formula is C10H20N2OS. The molecule has 0 aromatic rings. The highest BCUT2D eigenvalue weighted by atomic mass is 32.2. The van der Waals surface area contributed by atoms with Crippen molar-refractivity contribution in [1.82, 2.24) is 10.6 Å². The second kappa shape index (κ2) is 7.12. The second-order valence-electron chi connectivity index (χ2n) is 3.71. The number of carbonyl (C=O) groups excluding carboxylic acids is 1. The first-order valence-corrected chi connectivity index (χ1v) is 6.71. The summed E-state index contributed by atoms with van der Waals surface area (Å²) in [5, 5.41) is 6.17. The first-order valence-electron chi connectivity index (χ1n) is 5.32. The van der Waals surface area contributed by atoms with Gasteiger partial charge in [0.1, 0.15) is 0 Å². The molecule has 82 valence electrons. The predicted octanol–water partition coefficient (Wildman–Crippen LogP) is 0.998. The monoisotopic (exact) mass is 216 g/mol. The third-order valence-electron chi connectivity index (χ3n) is 2.53. The van der Waals surface area contributed by atoms with Crippen LogP contribution in [0.15, 0.2) is 0 Å². The van der Waals surface area contributed by atoms with Gasteiger partial charge in [0.25, 0.3) is 0 Å². The summed E-state index contributed by atoms with van der Waals surface area (Å²) in [6.07, 6.45) is 7.14. The zero-order chi connectivity index (χ0) is 10.2. The topological polar surface area (TPSA) is 41.1 Å². The molecule has 1 aliphatic rings.